The summed E-state index contributed by atoms with van der Waals surface area (Å²) in [4.78, 5) is 0. The maximum absolute atomic E-state index is 13.5. The van der Waals surface area contributed by atoms with Crippen LogP contribution in [0.15, 0.2) is 18.2 Å². The van der Waals surface area contributed by atoms with Crippen LogP contribution in [0.2, 0.25) is 0 Å². The van der Waals surface area contributed by atoms with E-state index in [1.807, 2.05) is 6.07 Å². The van der Waals surface area contributed by atoms with E-state index in [1.165, 1.54) is 0 Å². The lowest BCUT2D eigenvalue weighted by atomic mass is 9.96. The van der Waals surface area contributed by atoms with Gasteiger partial charge in [0.25, 0.3) is 0 Å². The fourth-order valence-corrected chi connectivity index (χ4v) is 2.10. The van der Waals surface area contributed by atoms with Crippen molar-refractivity contribution < 1.29 is 13.5 Å². The molecule has 1 aliphatic carbocycles. The molecule has 4 heteroatoms. The van der Waals surface area contributed by atoms with Crippen LogP contribution < -0.4 is 4.74 Å². The maximum atomic E-state index is 13.5. The highest BCUT2D eigenvalue weighted by Gasteiger charge is 2.45. The third-order valence-corrected chi connectivity index (χ3v) is 3.51. The highest BCUT2D eigenvalue weighted by Crippen LogP contribution is 2.48. The van der Waals surface area contributed by atoms with Gasteiger partial charge in [0.1, 0.15) is 5.75 Å². The summed E-state index contributed by atoms with van der Waals surface area (Å²) in [5.41, 5.74) is 0.961. The Kier molecular flexibility index (Phi) is 3.49. The summed E-state index contributed by atoms with van der Waals surface area (Å²) in [6.45, 7) is 3.42. The molecule has 1 aromatic carbocycles. The molecular formula is C15H17F2NO. The maximum Gasteiger partial charge on any atom is 0.397 e. The second-order valence-electron chi connectivity index (χ2n) is 5.16. The standard InChI is InChI=1S/C15H17F2NO/c1-3-6-15(16,17)19-13-9-12(5-4-11(13)2)14(10-18)7-8-14/h4-5,9H,3,6-8H2,1-2H3. The number of halogens is 2. The number of nitrogens with zero attached hydrogens (tertiary/aromatic N) is 1. The minimum absolute atomic E-state index is 0.178. The molecule has 0 saturated heterocycles. The van der Waals surface area contributed by atoms with Crippen LogP contribution >= 0.6 is 0 Å². The Balaban J connectivity index is 2.26. The Morgan fingerprint density at radius 1 is 1.42 bits per heavy atom. The first-order valence-corrected chi connectivity index (χ1v) is 6.52. The molecule has 1 aromatic rings. The van der Waals surface area contributed by atoms with Gasteiger partial charge >= 0.3 is 6.11 Å². The summed E-state index contributed by atoms with van der Waals surface area (Å²) >= 11 is 0. The molecule has 102 valence electrons. The molecule has 0 amide bonds. The summed E-state index contributed by atoms with van der Waals surface area (Å²) in [5, 5.41) is 9.15. The van der Waals surface area contributed by atoms with E-state index < -0.39 is 11.5 Å². The number of nitriles is 1. The van der Waals surface area contributed by atoms with Crippen molar-refractivity contribution in [3.63, 3.8) is 0 Å². The van der Waals surface area contributed by atoms with Gasteiger partial charge in [-0.3, -0.25) is 0 Å². The van der Waals surface area contributed by atoms with E-state index in [0.29, 0.717) is 12.0 Å². The Hall–Kier alpha value is -1.63. The van der Waals surface area contributed by atoms with Crippen LogP contribution in [0.25, 0.3) is 0 Å². The second-order valence-corrected chi connectivity index (χ2v) is 5.16. The van der Waals surface area contributed by atoms with Crippen molar-refractivity contribution in [1.82, 2.24) is 0 Å². The van der Waals surface area contributed by atoms with E-state index in [-0.39, 0.29) is 12.2 Å². The lowest BCUT2D eigenvalue weighted by Crippen LogP contribution is -2.24. The van der Waals surface area contributed by atoms with E-state index in [1.54, 1.807) is 26.0 Å². The van der Waals surface area contributed by atoms with Crippen LogP contribution in [-0.4, -0.2) is 6.11 Å². The molecule has 0 unspecified atom stereocenters. The Bertz CT molecular complexity index is 515. The smallest absolute Gasteiger partial charge is 0.397 e. The minimum atomic E-state index is -3.15. The fraction of sp³-hybridized carbons (Fsp3) is 0.533. The molecule has 1 saturated carbocycles. The third-order valence-electron chi connectivity index (χ3n) is 3.51. The van der Waals surface area contributed by atoms with Crippen molar-refractivity contribution >= 4 is 0 Å². The molecule has 19 heavy (non-hydrogen) atoms. The molecule has 0 aliphatic heterocycles. The lowest BCUT2D eigenvalue weighted by Gasteiger charge is -2.20. The number of rotatable bonds is 5. The zero-order valence-corrected chi connectivity index (χ0v) is 11.2. The first-order valence-electron chi connectivity index (χ1n) is 6.52. The predicted molar refractivity (Wildman–Crippen MR) is 68.2 cm³/mol. The molecule has 0 heterocycles. The predicted octanol–water partition coefficient (Wildman–Crippen LogP) is 4.32. The van der Waals surface area contributed by atoms with Crippen molar-refractivity contribution in [2.45, 2.75) is 51.1 Å². The largest absolute Gasteiger partial charge is 0.432 e. The van der Waals surface area contributed by atoms with E-state index in [0.717, 1.165) is 18.4 Å². The number of aryl methyl sites for hydroxylation is 1. The molecular weight excluding hydrogens is 248 g/mol. The molecule has 0 aromatic heterocycles. The van der Waals surface area contributed by atoms with Gasteiger partial charge in [-0.05, 0) is 43.4 Å². The third kappa shape index (κ3) is 2.86. The molecule has 2 nitrogen and oxygen atoms in total. The molecule has 0 N–H and O–H groups in total. The summed E-state index contributed by atoms with van der Waals surface area (Å²) in [6.07, 6.45) is -1.52. The summed E-state index contributed by atoms with van der Waals surface area (Å²) in [6, 6.07) is 7.42. The Morgan fingerprint density at radius 2 is 2.11 bits per heavy atom. The molecule has 1 fully saturated rings. The van der Waals surface area contributed by atoms with Crippen LogP contribution in [0, 0.1) is 18.3 Å². The van der Waals surface area contributed by atoms with Crippen LogP contribution in [0.5, 0.6) is 5.75 Å². The van der Waals surface area contributed by atoms with Gasteiger partial charge < -0.3 is 4.74 Å². The number of benzene rings is 1. The quantitative estimate of drug-likeness (QED) is 0.794. The number of hydrogen-bond donors (Lipinski definition) is 0. The lowest BCUT2D eigenvalue weighted by molar-refractivity contribution is -0.181. The van der Waals surface area contributed by atoms with Crippen molar-refractivity contribution in [1.29, 1.82) is 5.26 Å². The van der Waals surface area contributed by atoms with Gasteiger partial charge in [0.2, 0.25) is 0 Å². The number of ether oxygens (including phenoxy) is 1. The van der Waals surface area contributed by atoms with Gasteiger partial charge in [-0.2, -0.15) is 14.0 Å². The first-order chi connectivity index (χ1) is 8.92. The van der Waals surface area contributed by atoms with Crippen molar-refractivity contribution in [3.05, 3.63) is 29.3 Å². The zero-order chi connectivity index (χ0) is 14.1. The fourth-order valence-electron chi connectivity index (χ4n) is 2.10. The van der Waals surface area contributed by atoms with Crippen molar-refractivity contribution in [3.8, 4) is 11.8 Å². The van der Waals surface area contributed by atoms with E-state index in [9.17, 15) is 8.78 Å². The van der Waals surface area contributed by atoms with Crippen LogP contribution in [0.4, 0.5) is 8.78 Å². The molecule has 0 spiro atoms. The number of alkyl halides is 2. The molecule has 2 rings (SSSR count). The normalized spacial score (nSPS) is 16.8. The second kappa shape index (κ2) is 4.80. The Morgan fingerprint density at radius 3 is 2.63 bits per heavy atom. The van der Waals surface area contributed by atoms with E-state index in [4.69, 9.17) is 10.00 Å². The average Bonchev–Trinajstić information content (AvgIpc) is 3.12. The SMILES string of the molecule is CCCC(F)(F)Oc1cc(C2(C#N)CC2)ccc1C. The number of hydrogen-bond acceptors (Lipinski definition) is 2. The molecule has 0 radical (unpaired) electrons. The van der Waals surface area contributed by atoms with E-state index in [2.05, 4.69) is 6.07 Å². The zero-order valence-electron chi connectivity index (χ0n) is 11.2. The Labute approximate surface area is 112 Å². The summed E-state index contributed by atoms with van der Waals surface area (Å²) < 4.78 is 31.9. The minimum Gasteiger partial charge on any atom is -0.432 e. The molecule has 1 aliphatic rings. The van der Waals surface area contributed by atoms with Gasteiger partial charge in [-0.1, -0.05) is 19.1 Å². The van der Waals surface area contributed by atoms with Gasteiger partial charge in [0.05, 0.1) is 17.9 Å². The van der Waals surface area contributed by atoms with Crippen LogP contribution in [0.1, 0.15) is 43.7 Å². The van der Waals surface area contributed by atoms with Gasteiger partial charge in [-0.15, -0.1) is 0 Å². The summed E-state index contributed by atoms with van der Waals surface area (Å²) in [7, 11) is 0. The van der Waals surface area contributed by atoms with Gasteiger partial charge in [0.15, 0.2) is 0 Å². The summed E-state index contributed by atoms with van der Waals surface area (Å²) in [5.74, 6) is 0.178. The first kappa shape index (κ1) is 13.8. The highest BCUT2D eigenvalue weighted by atomic mass is 19.3. The van der Waals surface area contributed by atoms with Gasteiger partial charge in [0, 0.05) is 0 Å². The monoisotopic (exact) mass is 265 g/mol. The molecule has 0 atom stereocenters. The topological polar surface area (TPSA) is 33.0 Å². The van der Waals surface area contributed by atoms with Crippen LogP contribution in [0.3, 0.4) is 0 Å². The van der Waals surface area contributed by atoms with Crippen molar-refractivity contribution in [2.75, 3.05) is 0 Å². The average molecular weight is 265 g/mol. The van der Waals surface area contributed by atoms with Gasteiger partial charge in [-0.25, -0.2) is 0 Å². The van der Waals surface area contributed by atoms with Crippen molar-refractivity contribution in [2.24, 2.45) is 0 Å². The van der Waals surface area contributed by atoms with Crippen LogP contribution in [-0.2, 0) is 5.41 Å². The molecule has 0 bridgehead atoms. The van der Waals surface area contributed by atoms with E-state index >= 15 is 0 Å². The highest BCUT2D eigenvalue weighted by molar-refractivity contribution is 5.46.